The van der Waals surface area contributed by atoms with Crippen LogP contribution >= 0.6 is 23.1 Å². The van der Waals surface area contributed by atoms with Gasteiger partial charge in [-0.25, -0.2) is 9.97 Å². The normalized spacial score (nSPS) is 12.6. The monoisotopic (exact) mass is 249 g/mol. The lowest BCUT2D eigenvalue weighted by Gasteiger charge is -2.03. The topological polar surface area (TPSA) is 49.6 Å². The van der Waals surface area contributed by atoms with Crippen LogP contribution in [0.15, 0.2) is 11.4 Å². The molecule has 0 fully saturated rings. The zero-order valence-corrected chi connectivity index (χ0v) is 10.9. The van der Waals surface area contributed by atoms with E-state index in [1.807, 2.05) is 6.92 Å². The van der Waals surface area contributed by atoms with Crippen molar-refractivity contribution in [2.75, 3.05) is 0 Å². The molecule has 5 heteroatoms. The van der Waals surface area contributed by atoms with Gasteiger partial charge in [0.2, 0.25) is 0 Å². The van der Waals surface area contributed by atoms with Gasteiger partial charge < -0.3 is 0 Å². The Kier molecular flexibility index (Phi) is 3.13. The van der Waals surface area contributed by atoms with Crippen LogP contribution in [0.1, 0.15) is 17.4 Å². The van der Waals surface area contributed by atoms with Gasteiger partial charge in [-0.1, -0.05) is 11.8 Å². The van der Waals surface area contributed by atoms with Crippen molar-refractivity contribution in [1.29, 1.82) is 5.26 Å². The molecule has 3 nitrogen and oxygen atoms in total. The summed E-state index contributed by atoms with van der Waals surface area (Å²) in [5.41, 5.74) is 1.23. The first-order chi connectivity index (χ1) is 7.63. The molecule has 2 aromatic rings. The van der Waals surface area contributed by atoms with Crippen molar-refractivity contribution in [3.63, 3.8) is 0 Å². The quantitative estimate of drug-likeness (QED) is 0.605. The van der Waals surface area contributed by atoms with E-state index in [9.17, 15) is 0 Å². The standard InChI is InChI=1S/C11H11N3S2/c1-6(4-12)15-10-9-7(2)8(3)16-11(9)14-5-13-10/h5-6H,1-3H3/t6-/m1/s1. The average Bonchev–Trinajstić information content (AvgIpc) is 2.56. The molecule has 0 saturated carbocycles. The number of aromatic nitrogens is 2. The number of aryl methyl sites for hydroxylation is 2. The number of nitriles is 1. The fourth-order valence-electron chi connectivity index (χ4n) is 1.43. The largest absolute Gasteiger partial charge is 0.229 e. The van der Waals surface area contributed by atoms with Crippen LogP contribution in [-0.4, -0.2) is 15.2 Å². The number of hydrogen-bond donors (Lipinski definition) is 0. The van der Waals surface area contributed by atoms with Gasteiger partial charge in [0.1, 0.15) is 16.2 Å². The molecular formula is C11H11N3S2. The number of hydrogen-bond acceptors (Lipinski definition) is 5. The Morgan fingerprint density at radius 3 is 2.88 bits per heavy atom. The SMILES string of the molecule is Cc1sc2ncnc(S[C@H](C)C#N)c2c1C. The molecule has 0 bridgehead atoms. The number of nitrogens with zero attached hydrogens (tertiary/aromatic N) is 3. The summed E-state index contributed by atoms with van der Waals surface area (Å²) in [4.78, 5) is 10.8. The first kappa shape index (κ1) is 11.4. The van der Waals surface area contributed by atoms with Gasteiger partial charge in [-0.15, -0.1) is 11.3 Å². The van der Waals surface area contributed by atoms with Crippen LogP contribution in [0.3, 0.4) is 0 Å². The van der Waals surface area contributed by atoms with E-state index in [1.54, 1.807) is 17.7 Å². The molecule has 16 heavy (non-hydrogen) atoms. The Balaban J connectivity index is 2.57. The summed E-state index contributed by atoms with van der Waals surface area (Å²) in [6.45, 7) is 6.05. The molecule has 0 aliphatic carbocycles. The number of thioether (sulfide) groups is 1. The van der Waals surface area contributed by atoms with Gasteiger partial charge in [0.05, 0.1) is 11.3 Å². The van der Waals surface area contributed by atoms with Gasteiger partial charge in [-0.2, -0.15) is 5.26 Å². The third-order valence-corrected chi connectivity index (χ3v) is 4.51. The molecule has 0 N–H and O–H groups in total. The summed E-state index contributed by atoms with van der Waals surface area (Å²) in [7, 11) is 0. The Morgan fingerprint density at radius 1 is 1.44 bits per heavy atom. The van der Waals surface area contributed by atoms with Gasteiger partial charge >= 0.3 is 0 Å². The maximum atomic E-state index is 8.83. The number of thiophene rings is 1. The van der Waals surface area contributed by atoms with E-state index in [-0.39, 0.29) is 5.25 Å². The zero-order chi connectivity index (χ0) is 11.7. The third-order valence-electron chi connectivity index (χ3n) is 2.40. The minimum atomic E-state index is -0.0855. The maximum Gasteiger partial charge on any atom is 0.128 e. The fraction of sp³-hybridized carbons (Fsp3) is 0.364. The number of rotatable bonds is 2. The molecule has 0 aromatic carbocycles. The molecule has 0 unspecified atom stereocenters. The lowest BCUT2D eigenvalue weighted by Crippen LogP contribution is -1.93. The molecule has 0 amide bonds. The molecule has 0 spiro atoms. The van der Waals surface area contributed by atoms with E-state index in [0.717, 1.165) is 15.2 Å². The minimum absolute atomic E-state index is 0.0855. The van der Waals surface area contributed by atoms with Crippen molar-refractivity contribution in [2.24, 2.45) is 0 Å². The minimum Gasteiger partial charge on any atom is -0.229 e. The van der Waals surface area contributed by atoms with Gasteiger partial charge in [0.15, 0.2) is 0 Å². The number of fused-ring (bicyclic) bond motifs is 1. The molecule has 1 atom stereocenters. The first-order valence-corrected chi connectivity index (χ1v) is 6.60. The summed E-state index contributed by atoms with van der Waals surface area (Å²) in [6, 6.07) is 2.21. The highest BCUT2D eigenvalue weighted by atomic mass is 32.2. The van der Waals surface area contributed by atoms with Crippen molar-refractivity contribution in [2.45, 2.75) is 31.0 Å². The molecule has 2 rings (SSSR count). The molecule has 0 aliphatic heterocycles. The van der Waals surface area contributed by atoms with E-state index in [4.69, 9.17) is 5.26 Å². The van der Waals surface area contributed by atoms with Crippen LogP contribution in [0, 0.1) is 25.2 Å². The van der Waals surface area contributed by atoms with Crippen LogP contribution in [0.25, 0.3) is 10.2 Å². The molecule has 2 aromatic heterocycles. The van der Waals surface area contributed by atoms with Crippen LogP contribution < -0.4 is 0 Å². The highest BCUT2D eigenvalue weighted by Crippen LogP contribution is 2.35. The maximum absolute atomic E-state index is 8.83. The van der Waals surface area contributed by atoms with Crippen molar-refractivity contribution >= 4 is 33.3 Å². The molecule has 0 radical (unpaired) electrons. The second kappa shape index (κ2) is 4.40. The van der Waals surface area contributed by atoms with Crippen molar-refractivity contribution in [3.05, 3.63) is 16.8 Å². The van der Waals surface area contributed by atoms with Crippen LogP contribution in [0.4, 0.5) is 0 Å². The van der Waals surface area contributed by atoms with Crippen LogP contribution in [-0.2, 0) is 0 Å². The summed E-state index contributed by atoms with van der Waals surface area (Å²) >= 11 is 3.18. The average molecular weight is 249 g/mol. The van der Waals surface area contributed by atoms with Crippen molar-refractivity contribution in [3.8, 4) is 6.07 Å². The molecule has 82 valence electrons. The summed E-state index contributed by atoms with van der Waals surface area (Å²) in [5.74, 6) is 0. The van der Waals surface area contributed by atoms with E-state index in [1.165, 1.54) is 22.2 Å². The Labute approximate surface area is 103 Å². The molecule has 0 saturated heterocycles. The summed E-state index contributed by atoms with van der Waals surface area (Å²) < 4.78 is 0. The summed E-state index contributed by atoms with van der Waals surface area (Å²) in [6.07, 6.45) is 1.57. The van der Waals surface area contributed by atoms with E-state index in [2.05, 4.69) is 29.9 Å². The summed E-state index contributed by atoms with van der Waals surface area (Å²) in [5, 5.41) is 10.8. The van der Waals surface area contributed by atoms with E-state index >= 15 is 0 Å². The predicted octanol–water partition coefficient (Wildman–Crippen LogP) is 3.31. The van der Waals surface area contributed by atoms with Gasteiger partial charge in [0, 0.05) is 10.3 Å². The Hall–Kier alpha value is -1.12. The first-order valence-electron chi connectivity index (χ1n) is 4.90. The third kappa shape index (κ3) is 1.91. The lowest BCUT2D eigenvalue weighted by atomic mass is 10.2. The molecule has 2 heterocycles. The van der Waals surface area contributed by atoms with Gasteiger partial charge in [-0.05, 0) is 26.3 Å². The van der Waals surface area contributed by atoms with E-state index < -0.39 is 0 Å². The van der Waals surface area contributed by atoms with Gasteiger partial charge in [0.25, 0.3) is 0 Å². The predicted molar refractivity (Wildman–Crippen MR) is 67.8 cm³/mol. The Bertz CT molecular complexity index is 568. The van der Waals surface area contributed by atoms with Crippen molar-refractivity contribution < 1.29 is 0 Å². The fourth-order valence-corrected chi connectivity index (χ4v) is 3.36. The zero-order valence-electron chi connectivity index (χ0n) is 9.31. The highest BCUT2D eigenvalue weighted by molar-refractivity contribution is 8.00. The Morgan fingerprint density at radius 2 is 2.19 bits per heavy atom. The second-order valence-corrected chi connectivity index (χ2v) is 6.06. The van der Waals surface area contributed by atoms with Crippen LogP contribution in [0.5, 0.6) is 0 Å². The highest BCUT2D eigenvalue weighted by Gasteiger charge is 2.14. The second-order valence-electron chi connectivity index (χ2n) is 3.53. The van der Waals surface area contributed by atoms with E-state index in [0.29, 0.717) is 0 Å². The smallest absolute Gasteiger partial charge is 0.128 e. The molecular weight excluding hydrogens is 238 g/mol. The molecule has 0 aliphatic rings. The van der Waals surface area contributed by atoms with Crippen LogP contribution in [0.2, 0.25) is 0 Å². The van der Waals surface area contributed by atoms with Gasteiger partial charge in [-0.3, -0.25) is 0 Å². The van der Waals surface area contributed by atoms with Crippen molar-refractivity contribution in [1.82, 2.24) is 9.97 Å². The lowest BCUT2D eigenvalue weighted by molar-refractivity contribution is 1.09.